The summed E-state index contributed by atoms with van der Waals surface area (Å²) < 4.78 is 48.8. The van der Waals surface area contributed by atoms with Crippen molar-refractivity contribution >= 4 is 15.9 Å². The van der Waals surface area contributed by atoms with Gasteiger partial charge in [0.25, 0.3) is 5.91 Å². The van der Waals surface area contributed by atoms with E-state index in [0.717, 1.165) is 4.31 Å². The first-order chi connectivity index (χ1) is 16.2. The molecule has 192 valence electrons. The first kappa shape index (κ1) is 28.1. The van der Waals surface area contributed by atoms with E-state index in [2.05, 4.69) is 19.2 Å². The van der Waals surface area contributed by atoms with Crippen molar-refractivity contribution in [3.05, 3.63) is 36.1 Å². The number of nitrogens with one attached hydrogen (secondary N) is 1. The lowest BCUT2D eigenvalue weighted by Crippen LogP contribution is -2.39. The molecule has 0 saturated carbocycles. The van der Waals surface area contributed by atoms with Crippen LogP contribution >= 0.6 is 0 Å². The molecule has 1 aromatic rings. The topological polar surface area (TPSA) is 124 Å². The van der Waals surface area contributed by atoms with Gasteiger partial charge in [0.15, 0.2) is 5.76 Å². The number of carbonyl (C=O) groups is 1. The molecule has 10 nitrogen and oxygen atoms in total. The minimum absolute atomic E-state index is 0.0141. The molecular weight excluding hydrogens is 464 g/mol. The molecule has 1 aliphatic heterocycles. The van der Waals surface area contributed by atoms with Crippen LogP contribution in [0.15, 0.2) is 41.0 Å². The lowest BCUT2D eigenvalue weighted by atomic mass is 9.90. The number of allylic oxidation sites excluding steroid dienone is 1. The predicted molar refractivity (Wildman–Crippen MR) is 126 cm³/mol. The standard InChI is InChI=1S/C23H36N2O8S/c1-17(2)18-15-21(23(27)24-9-13-30-3)33-22(16-18)32-14-11-25(10-12-26)34(28,29)20-7-5-19(31-4)6-8-20/h5-8,15,17-18,22,26H,9-14,16H2,1-4H3,(H,24,27)/t18-,22+/m1/s1. The van der Waals surface area contributed by atoms with Gasteiger partial charge in [0, 0.05) is 33.2 Å². The molecule has 0 saturated heterocycles. The highest BCUT2D eigenvalue weighted by Crippen LogP contribution is 2.29. The fourth-order valence-corrected chi connectivity index (χ4v) is 4.82. The summed E-state index contributed by atoms with van der Waals surface area (Å²) in [6.45, 7) is 4.47. The lowest BCUT2D eigenvalue weighted by molar-refractivity contribution is -0.150. The highest BCUT2D eigenvalue weighted by molar-refractivity contribution is 7.89. The molecule has 2 atom stereocenters. The molecule has 0 aromatic heterocycles. The second-order valence-electron chi connectivity index (χ2n) is 8.14. The van der Waals surface area contributed by atoms with Crippen molar-refractivity contribution in [1.82, 2.24) is 9.62 Å². The maximum absolute atomic E-state index is 13.0. The van der Waals surface area contributed by atoms with E-state index >= 15 is 0 Å². The first-order valence-electron chi connectivity index (χ1n) is 11.2. The second kappa shape index (κ2) is 13.6. The van der Waals surface area contributed by atoms with E-state index in [-0.39, 0.29) is 54.7 Å². The highest BCUT2D eigenvalue weighted by Gasteiger charge is 2.30. The van der Waals surface area contributed by atoms with Crippen LogP contribution in [0.3, 0.4) is 0 Å². The van der Waals surface area contributed by atoms with E-state index in [4.69, 9.17) is 18.9 Å². The molecule has 0 bridgehead atoms. The Bertz CT molecular complexity index is 902. The summed E-state index contributed by atoms with van der Waals surface area (Å²) in [5.74, 6) is 0.709. The minimum Gasteiger partial charge on any atom is -0.497 e. The van der Waals surface area contributed by atoms with E-state index in [9.17, 15) is 18.3 Å². The average Bonchev–Trinajstić information content (AvgIpc) is 2.83. The average molecular weight is 501 g/mol. The maximum Gasteiger partial charge on any atom is 0.286 e. The number of hydrogen-bond donors (Lipinski definition) is 2. The number of rotatable bonds is 14. The summed E-state index contributed by atoms with van der Waals surface area (Å²) in [6.07, 6.45) is 1.65. The number of benzene rings is 1. The van der Waals surface area contributed by atoms with Gasteiger partial charge in [-0.3, -0.25) is 4.79 Å². The zero-order valence-electron chi connectivity index (χ0n) is 20.2. The van der Waals surface area contributed by atoms with Crippen LogP contribution in [0.5, 0.6) is 5.75 Å². The highest BCUT2D eigenvalue weighted by atomic mass is 32.2. The largest absolute Gasteiger partial charge is 0.497 e. The molecule has 1 aliphatic rings. The van der Waals surface area contributed by atoms with Crippen LogP contribution in [0, 0.1) is 11.8 Å². The van der Waals surface area contributed by atoms with Crippen molar-refractivity contribution in [3.63, 3.8) is 0 Å². The number of hydrogen-bond acceptors (Lipinski definition) is 8. The number of ether oxygens (including phenoxy) is 4. The summed E-state index contributed by atoms with van der Waals surface area (Å²) in [7, 11) is -0.791. The molecule has 0 fully saturated rings. The van der Waals surface area contributed by atoms with Gasteiger partial charge >= 0.3 is 0 Å². The Balaban J connectivity index is 2.02. The third-order valence-electron chi connectivity index (χ3n) is 5.45. The summed E-state index contributed by atoms with van der Waals surface area (Å²) in [6, 6.07) is 6.04. The molecule has 0 spiro atoms. The Morgan fingerprint density at radius 1 is 1.21 bits per heavy atom. The van der Waals surface area contributed by atoms with Crippen molar-refractivity contribution in [2.24, 2.45) is 11.8 Å². The summed E-state index contributed by atoms with van der Waals surface area (Å²) in [5.41, 5.74) is 0. The number of methoxy groups -OCH3 is 2. The molecule has 1 heterocycles. The van der Waals surface area contributed by atoms with E-state index in [0.29, 0.717) is 25.3 Å². The fraction of sp³-hybridized carbons (Fsp3) is 0.609. The molecule has 1 amide bonds. The molecule has 0 aliphatic carbocycles. The quantitative estimate of drug-likeness (QED) is 0.367. The molecule has 0 unspecified atom stereocenters. The van der Waals surface area contributed by atoms with Crippen molar-refractivity contribution in [2.45, 2.75) is 31.5 Å². The van der Waals surface area contributed by atoms with Crippen LogP contribution in [-0.2, 0) is 29.0 Å². The minimum atomic E-state index is -3.84. The van der Waals surface area contributed by atoms with Gasteiger partial charge < -0.3 is 29.4 Å². The molecule has 11 heteroatoms. The zero-order valence-corrected chi connectivity index (χ0v) is 21.0. The van der Waals surface area contributed by atoms with Crippen molar-refractivity contribution in [1.29, 1.82) is 0 Å². The normalized spacial score (nSPS) is 18.5. The number of amides is 1. The van der Waals surface area contributed by atoms with Gasteiger partial charge in [0.1, 0.15) is 5.75 Å². The summed E-state index contributed by atoms with van der Waals surface area (Å²) >= 11 is 0. The van der Waals surface area contributed by atoms with Gasteiger partial charge in [-0.05, 0) is 42.2 Å². The van der Waals surface area contributed by atoms with E-state index < -0.39 is 16.3 Å². The first-order valence-corrected chi connectivity index (χ1v) is 12.7. The second-order valence-corrected chi connectivity index (χ2v) is 10.1. The van der Waals surface area contributed by atoms with Crippen molar-refractivity contribution in [2.75, 3.05) is 53.7 Å². The molecule has 0 radical (unpaired) electrons. The van der Waals surface area contributed by atoms with Gasteiger partial charge in [-0.2, -0.15) is 4.31 Å². The number of carbonyl (C=O) groups excluding carboxylic acids is 1. The van der Waals surface area contributed by atoms with Gasteiger partial charge in [-0.25, -0.2) is 8.42 Å². The Labute approximate surface area is 201 Å². The third kappa shape index (κ3) is 7.95. The Kier molecular flexibility index (Phi) is 11.3. The van der Waals surface area contributed by atoms with E-state index in [1.807, 2.05) is 0 Å². The molecule has 2 N–H and O–H groups in total. The number of aliphatic hydroxyl groups excluding tert-OH is 1. The SMILES string of the molecule is COCCNC(=O)C1=C[C@@H](C(C)C)C[C@@H](OCCN(CCO)S(=O)(=O)c2ccc(OC)cc2)O1. The van der Waals surface area contributed by atoms with E-state index in [1.54, 1.807) is 25.3 Å². The summed E-state index contributed by atoms with van der Waals surface area (Å²) in [4.78, 5) is 12.5. The van der Waals surface area contributed by atoms with Crippen LogP contribution in [0.4, 0.5) is 0 Å². The zero-order chi connectivity index (χ0) is 25.1. The Morgan fingerprint density at radius 2 is 1.91 bits per heavy atom. The van der Waals surface area contributed by atoms with Crippen molar-refractivity contribution in [3.8, 4) is 5.75 Å². The van der Waals surface area contributed by atoms with Gasteiger partial charge in [-0.1, -0.05) is 13.8 Å². The van der Waals surface area contributed by atoms with E-state index in [1.165, 1.54) is 19.2 Å². The maximum atomic E-state index is 13.0. The van der Waals surface area contributed by atoms with Crippen LogP contribution in [0.1, 0.15) is 20.3 Å². The molecule has 34 heavy (non-hydrogen) atoms. The molecule has 1 aromatic carbocycles. The van der Waals surface area contributed by atoms with Gasteiger partial charge in [0.2, 0.25) is 16.3 Å². The summed E-state index contributed by atoms with van der Waals surface area (Å²) in [5, 5.41) is 12.1. The van der Waals surface area contributed by atoms with Crippen molar-refractivity contribution < 1.29 is 37.3 Å². The molecule has 2 rings (SSSR count). The number of nitrogens with zero attached hydrogens (tertiary/aromatic N) is 1. The Morgan fingerprint density at radius 3 is 2.50 bits per heavy atom. The van der Waals surface area contributed by atoms with Crippen LogP contribution in [-0.4, -0.2) is 83.7 Å². The number of sulfonamides is 1. The van der Waals surface area contributed by atoms with Crippen LogP contribution in [0.2, 0.25) is 0 Å². The predicted octanol–water partition coefficient (Wildman–Crippen LogP) is 1.36. The lowest BCUT2D eigenvalue weighted by Gasteiger charge is -2.31. The van der Waals surface area contributed by atoms with Crippen LogP contribution < -0.4 is 10.1 Å². The van der Waals surface area contributed by atoms with Crippen LogP contribution in [0.25, 0.3) is 0 Å². The smallest absolute Gasteiger partial charge is 0.286 e. The van der Waals surface area contributed by atoms with Gasteiger partial charge in [0.05, 0.1) is 31.8 Å². The van der Waals surface area contributed by atoms with Gasteiger partial charge in [-0.15, -0.1) is 0 Å². The number of aliphatic hydroxyl groups is 1. The third-order valence-corrected chi connectivity index (χ3v) is 7.36. The fourth-order valence-electron chi connectivity index (χ4n) is 3.41. The Hall–Kier alpha value is -2.18. The monoisotopic (exact) mass is 500 g/mol. The molecular formula is C23H36N2O8S.